The Morgan fingerprint density at radius 2 is 2.00 bits per heavy atom. The average Bonchev–Trinajstić information content (AvgIpc) is 2.28. The zero-order chi connectivity index (χ0) is 12.8. The number of carbonyl (C=O) groups excluding carboxylic acids is 1. The highest BCUT2D eigenvalue weighted by Gasteiger charge is 2.01. The van der Waals surface area contributed by atoms with Crippen molar-refractivity contribution in [3.63, 3.8) is 0 Å². The van der Waals surface area contributed by atoms with Crippen LogP contribution in [0, 0.1) is 0 Å². The minimum Gasteiger partial charge on any atom is -0.466 e. The van der Waals surface area contributed by atoms with Crippen LogP contribution in [0.15, 0.2) is 30.3 Å². The molecule has 0 bridgehead atoms. The van der Waals surface area contributed by atoms with Crippen molar-refractivity contribution in [1.29, 1.82) is 0 Å². The maximum atomic E-state index is 11.1. The molecule has 92 valence electrons. The normalized spacial score (nSPS) is 13.3. The van der Waals surface area contributed by atoms with Crippen LogP contribution in [0.25, 0.3) is 5.57 Å². The van der Waals surface area contributed by atoms with Crippen LogP contribution in [0.1, 0.15) is 25.0 Å². The van der Waals surface area contributed by atoms with Gasteiger partial charge in [0, 0.05) is 12.1 Å². The molecule has 0 aliphatic rings. The van der Waals surface area contributed by atoms with Gasteiger partial charge in [0.2, 0.25) is 0 Å². The van der Waals surface area contributed by atoms with E-state index in [1.807, 2.05) is 38.1 Å². The zero-order valence-electron chi connectivity index (χ0n) is 10.6. The van der Waals surface area contributed by atoms with Crippen molar-refractivity contribution in [2.24, 2.45) is 5.73 Å². The highest BCUT2D eigenvalue weighted by molar-refractivity contribution is 5.90. The first-order valence-corrected chi connectivity index (χ1v) is 5.64. The Morgan fingerprint density at radius 3 is 2.47 bits per heavy atom. The van der Waals surface area contributed by atoms with E-state index >= 15 is 0 Å². The molecule has 0 saturated carbocycles. The number of benzene rings is 1. The first-order chi connectivity index (χ1) is 8.02. The van der Waals surface area contributed by atoms with Crippen LogP contribution in [0.4, 0.5) is 0 Å². The van der Waals surface area contributed by atoms with Crippen LogP contribution in [0.2, 0.25) is 0 Å². The Hall–Kier alpha value is -1.61. The fourth-order valence-corrected chi connectivity index (χ4v) is 1.59. The molecule has 0 aliphatic heterocycles. The number of nitrogens with two attached hydrogens (primary N) is 1. The van der Waals surface area contributed by atoms with Gasteiger partial charge in [-0.15, -0.1) is 0 Å². The van der Waals surface area contributed by atoms with Gasteiger partial charge in [-0.25, -0.2) is 4.79 Å². The summed E-state index contributed by atoms with van der Waals surface area (Å²) in [6.45, 7) is 3.87. The van der Waals surface area contributed by atoms with E-state index in [4.69, 9.17) is 5.73 Å². The molecule has 1 aromatic rings. The van der Waals surface area contributed by atoms with E-state index < -0.39 is 0 Å². The molecule has 0 aromatic heterocycles. The second-order valence-electron chi connectivity index (χ2n) is 4.23. The molecule has 0 heterocycles. The predicted octanol–water partition coefficient (Wildman–Crippen LogP) is 2.15. The van der Waals surface area contributed by atoms with Crippen molar-refractivity contribution in [2.75, 3.05) is 7.11 Å². The summed E-state index contributed by atoms with van der Waals surface area (Å²) in [6.07, 6.45) is 2.35. The molecule has 3 nitrogen and oxygen atoms in total. The van der Waals surface area contributed by atoms with Gasteiger partial charge in [0.05, 0.1) is 7.11 Å². The monoisotopic (exact) mass is 233 g/mol. The van der Waals surface area contributed by atoms with Crippen molar-refractivity contribution in [1.82, 2.24) is 0 Å². The molecule has 1 atom stereocenters. The summed E-state index contributed by atoms with van der Waals surface area (Å²) in [6, 6.07) is 8.21. The lowest BCUT2D eigenvalue weighted by atomic mass is 10.0. The van der Waals surface area contributed by atoms with Crippen molar-refractivity contribution in [3.8, 4) is 0 Å². The summed E-state index contributed by atoms with van der Waals surface area (Å²) in [5.41, 5.74) is 8.85. The molecule has 17 heavy (non-hydrogen) atoms. The van der Waals surface area contributed by atoms with E-state index in [0.29, 0.717) is 0 Å². The van der Waals surface area contributed by atoms with Gasteiger partial charge in [-0.05, 0) is 37.0 Å². The summed E-state index contributed by atoms with van der Waals surface area (Å²) in [5.74, 6) is -0.331. The molecule has 0 fully saturated rings. The highest BCUT2D eigenvalue weighted by atomic mass is 16.5. The number of hydrogen-bond acceptors (Lipinski definition) is 3. The van der Waals surface area contributed by atoms with E-state index in [1.54, 1.807) is 0 Å². The van der Waals surface area contributed by atoms with Crippen molar-refractivity contribution in [3.05, 3.63) is 41.5 Å². The number of carbonyl (C=O) groups is 1. The third kappa shape index (κ3) is 4.41. The van der Waals surface area contributed by atoms with Crippen LogP contribution < -0.4 is 5.73 Å². The SMILES string of the molecule is COC(=O)C=C(C)c1ccc(CC(C)N)cc1. The van der Waals surface area contributed by atoms with Crippen molar-refractivity contribution >= 4 is 11.5 Å². The summed E-state index contributed by atoms with van der Waals surface area (Å²) in [5, 5.41) is 0. The Kier molecular flexibility index (Phi) is 4.91. The van der Waals surface area contributed by atoms with E-state index in [9.17, 15) is 4.79 Å². The fourth-order valence-electron chi connectivity index (χ4n) is 1.59. The molecule has 0 aliphatic carbocycles. The third-order valence-electron chi connectivity index (χ3n) is 2.50. The Labute approximate surface area is 102 Å². The maximum Gasteiger partial charge on any atom is 0.330 e. The van der Waals surface area contributed by atoms with Gasteiger partial charge in [0.1, 0.15) is 0 Å². The summed E-state index contributed by atoms with van der Waals surface area (Å²) < 4.78 is 4.59. The fraction of sp³-hybridized carbons (Fsp3) is 0.357. The molecule has 0 radical (unpaired) electrons. The van der Waals surface area contributed by atoms with Gasteiger partial charge in [-0.3, -0.25) is 0 Å². The average molecular weight is 233 g/mol. The first kappa shape index (κ1) is 13.5. The standard InChI is InChI=1S/C14H19NO2/c1-10(8-14(16)17-3)13-6-4-12(5-7-13)9-11(2)15/h4-8,11H,9,15H2,1-3H3. The Morgan fingerprint density at radius 1 is 1.41 bits per heavy atom. The van der Waals surface area contributed by atoms with E-state index in [0.717, 1.165) is 17.6 Å². The van der Waals surface area contributed by atoms with Gasteiger partial charge < -0.3 is 10.5 Å². The quantitative estimate of drug-likeness (QED) is 0.640. The number of allylic oxidation sites excluding steroid dienone is 1. The van der Waals surface area contributed by atoms with E-state index in [-0.39, 0.29) is 12.0 Å². The molecule has 0 spiro atoms. The summed E-state index contributed by atoms with van der Waals surface area (Å²) in [4.78, 5) is 11.1. The number of rotatable bonds is 4. The molecular formula is C14H19NO2. The number of hydrogen-bond donors (Lipinski definition) is 1. The molecule has 0 saturated heterocycles. The predicted molar refractivity (Wildman–Crippen MR) is 69.5 cm³/mol. The van der Waals surface area contributed by atoms with Gasteiger partial charge in [-0.2, -0.15) is 0 Å². The largest absolute Gasteiger partial charge is 0.466 e. The Balaban J connectivity index is 2.80. The lowest BCUT2D eigenvalue weighted by Gasteiger charge is -2.06. The second kappa shape index (κ2) is 6.21. The lowest BCUT2D eigenvalue weighted by Crippen LogP contribution is -2.17. The molecule has 1 aromatic carbocycles. The summed E-state index contributed by atoms with van der Waals surface area (Å²) >= 11 is 0. The molecule has 3 heteroatoms. The van der Waals surface area contributed by atoms with Crippen molar-refractivity contribution in [2.45, 2.75) is 26.3 Å². The minimum atomic E-state index is -0.331. The molecule has 1 rings (SSSR count). The van der Waals surface area contributed by atoms with Gasteiger partial charge in [-0.1, -0.05) is 24.3 Å². The molecule has 1 unspecified atom stereocenters. The number of ether oxygens (including phenoxy) is 1. The number of methoxy groups -OCH3 is 1. The molecule has 0 amide bonds. The van der Waals surface area contributed by atoms with E-state index in [2.05, 4.69) is 4.74 Å². The third-order valence-corrected chi connectivity index (χ3v) is 2.50. The smallest absolute Gasteiger partial charge is 0.330 e. The van der Waals surface area contributed by atoms with Crippen LogP contribution in [-0.2, 0) is 16.0 Å². The van der Waals surface area contributed by atoms with Crippen molar-refractivity contribution < 1.29 is 9.53 Å². The minimum absolute atomic E-state index is 0.160. The number of esters is 1. The van der Waals surface area contributed by atoms with Gasteiger partial charge >= 0.3 is 5.97 Å². The topological polar surface area (TPSA) is 52.3 Å². The molecule has 2 N–H and O–H groups in total. The van der Waals surface area contributed by atoms with Crippen LogP contribution in [-0.4, -0.2) is 19.1 Å². The lowest BCUT2D eigenvalue weighted by molar-refractivity contribution is -0.134. The Bertz CT molecular complexity index is 405. The first-order valence-electron chi connectivity index (χ1n) is 5.64. The van der Waals surface area contributed by atoms with Gasteiger partial charge in [0.25, 0.3) is 0 Å². The van der Waals surface area contributed by atoms with Gasteiger partial charge in [0.15, 0.2) is 0 Å². The highest BCUT2D eigenvalue weighted by Crippen LogP contribution is 2.15. The van der Waals surface area contributed by atoms with Crippen LogP contribution in [0.3, 0.4) is 0 Å². The zero-order valence-corrected chi connectivity index (χ0v) is 10.6. The van der Waals surface area contributed by atoms with E-state index in [1.165, 1.54) is 18.7 Å². The summed E-state index contributed by atoms with van der Waals surface area (Å²) in [7, 11) is 1.37. The second-order valence-corrected chi connectivity index (χ2v) is 4.23. The van der Waals surface area contributed by atoms with Crippen LogP contribution >= 0.6 is 0 Å². The maximum absolute atomic E-state index is 11.1. The molecular weight excluding hydrogens is 214 g/mol. The van der Waals surface area contributed by atoms with Crippen LogP contribution in [0.5, 0.6) is 0 Å².